The zero-order chi connectivity index (χ0) is 18.1. The van der Waals surface area contributed by atoms with Crippen molar-refractivity contribution in [1.29, 1.82) is 0 Å². The molecule has 1 aliphatic heterocycles. The molecule has 0 bridgehead atoms. The molecule has 2 atom stereocenters. The fourth-order valence-electron chi connectivity index (χ4n) is 3.43. The van der Waals surface area contributed by atoms with Crippen molar-refractivity contribution in [2.75, 3.05) is 4.90 Å². The van der Waals surface area contributed by atoms with Crippen LogP contribution >= 0.6 is 12.2 Å². The molecule has 0 aliphatic carbocycles. The fraction of sp³-hybridized carbons (Fsp3) is 0.238. The van der Waals surface area contributed by atoms with E-state index in [-0.39, 0.29) is 12.1 Å². The molecule has 1 aliphatic rings. The van der Waals surface area contributed by atoms with E-state index < -0.39 is 0 Å². The smallest absolute Gasteiger partial charge is 0.174 e. The molecule has 0 radical (unpaired) electrons. The summed E-state index contributed by atoms with van der Waals surface area (Å²) >= 11 is 5.69. The van der Waals surface area contributed by atoms with Crippen molar-refractivity contribution in [1.82, 2.24) is 10.3 Å². The molecule has 3 aromatic rings. The van der Waals surface area contributed by atoms with E-state index >= 15 is 0 Å². The predicted molar refractivity (Wildman–Crippen MR) is 107 cm³/mol. The maximum atomic E-state index is 6.00. The number of hydrogen-bond donors (Lipinski definition) is 1. The Labute approximate surface area is 158 Å². The highest BCUT2D eigenvalue weighted by atomic mass is 32.1. The van der Waals surface area contributed by atoms with Gasteiger partial charge in [0.2, 0.25) is 0 Å². The zero-order valence-corrected chi connectivity index (χ0v) is 15.7. The Morgan fingerprint density at radius 2 is 1.92 bits per heavy atom. The van der Waals surface area contributed by atoms with Crippen LogP contribution < -0.4 is 10.2 Å². The van der Waals surface area contributed by atoms with Crippen molar-refractivity contribution in [3.63, 3.8) is 0 Å². The van der Waals surface area contributed by atoms with E-state index in [4.69, 9.17) is 16.6 Å². The summed E-state index contributed by atoms with van der Waals surface area (Å²) in [7, 11) is 0. The third-order valence-corrected chi connectivity index (χ3v) is 5.09. The van der Waals surface area contributed by atoms with Crippen LogP contribution in [0.1, 0.15) is 41.8 Å². The van der Waals surface area contributed by atoms with E-state index in [1.807, 2.05) is 43.5 Å². The molecular weight excluding hydrogens is 342 g/mol. The zero-order valence-electron chi connectivity index (χ0n) is 14.8. The predicted octanol–water partition coefficient (Wildman–Crippen LogP) is 4.72. The number of nitrogens with one attached hydrogen (secondary N) is 1. The summed E-state index contributed by atoms with van der Waals surface area (Å²) in [5.41, 5.74) is 3.30. The third-order valence-electron chi connectivity index (χ3n) is 4.77. The second-order valence-corrected chi connectivity index (χ2v) is 6.85. The Morgan fingerprint density at radius 3 is 2.54 bits per heavy atom. The molecule has 1 aromatic carbocycles. The Morgan fingerprint density at radius 1 is 1.12 bits per heavy atom. The van der Waals surface area contributed by atoms with Gasteiger partial charge in [-0.05, 0) is 67.5 Å². The van der Waals surface area contributed by atoms with E-state index in [0.29, 0.717) is 5.11 Å². The van der Waals surface area contributed by atoms with Gasteiger partial charge in [0.1, 0.15) is 17.6 Å². The summed E-state index contributed by atoms with van der Waals surface area (Å²) in [6, 6.07) is 18.3. The molecular formula is C21H21N3OS. The van der Waals surface area contributed by atoms with Crippen LogP contribution in [0.5, 0.6) is 0 Å². The number of nitrogens with zero attached hydrogens (tertiary/aromatic N) is 2. The van der Waals surface area contributed by atoms with Gasteiger partial charge in [-0.1, -0.05) is 25.1 Å². The van der Waals surface area contributed by atoms with Gasteiger partial charge in [-0.15, -0.1) is 0 Å². The van der Waals surface area contributed by atoms with E-state index in [2.05, 4.69) is 46.4 Å². The molecule has 0 saturated carbocycles. The molecule has 4 nitrogen and oxygen atoms in total. The van der Waals surface area contributed by atoms with E-state index in [0.717, 1.165) is 29.3 Å². The SMILES string of the molecule is CCc1ccc(N2C(=S)NC(c3ccccn3)C2c2ccc(C)o2)cc1. The van der Waals surface area contributed by atoms with E-state index in [1.54, 1.807) is 0 Å². The van der Waals surface area contributed by atoms with Gasteiger partial charge >= 0.3 is 0 Å². The summed E-state index contributed by atoms with van der Waals surface area (Å²) in [5, 5.41) is 4.12. The fourth-order valence-corrected chi connectivity index (χ4v) is 3.77. The largest absolute Gasteiger partial charge is 0.464 e. The minimum absolute atomic E-state index is 0.0694. The lowest BCUT2D eigenvalue weighted by molar-refractivity contribution is 0.418. The molecule has 4 rings (SSSR count). The summed E-state index contributed by atoms with van der Waals surface area (Å²) in [6.45, 7) is 4.11. The first-order chi connectivity index (χ1) is 12.7. The standard InChI is InChI=1S/C21H21N3OS/c1-3-15-8-10-16(11-9-15)24-20(18-12-7-14(2)25-18)19(23-21(24)26)17-6-4-5-13-22-17/h4-13,19-20H,3H2,1-2H3,(H,23,26). The van der Waals surface area contributed by atoms with Crippen molar-refractivity contribution in [2.24, 2.45) is 0 Å². The number of thiocarbonyl (C=S) groups is 1. The van der Waals surface area contributed by atoms with Crippen molar-refractivity contribution in [3.8, 4) is 0 Å². The van der Waals surface area contributed by atoms with Gasteiger partial charge in [-0.2, -0.15) is 0 Å². The Bertz CT molecular complexity index is 905. The second-order valence-electron chi connectivity index (χ2n) is 6.47. The highest BCUT2D eigenvalue weighted by Crippen LogP contribution is 2.41. The number of pyridine rings is 1. The van der Waals surface area contributed by atoms with Crippen molar-refractivity contribution < 1.29 is 4.42 Å². The van der Waals surface area contributed by atoms with Crippen LogP contribution in [-0.2, 0) is 6.42 Å². The molecule has 2 aromatic heterocycles. The van der Waals surface area contributed by atoms with Gasteiger partial charge in [0, 0.05) is 11.9 Å². The third kappa shape index (κ3) is 2.99. The molecule has 0 amide bonds. The summed E-state index contributed by atoms with van der Waals surface area (Å²) < 4.78 is 6.00. The average Bonchev–Trinajstić information content (AvgIpc) is 3.25. The number of benzene rings is 1. The second kappa shape index (κ2) is 6.92. The van der Waals surface area contributed by atoms with Gasteiger partial charge < -0.3 is 14.6 Å². The van der Waals surface area contributed by atoms with Crippen LogP contribution in [0.4, 0.5) is 5.69 Å². The molecule has 1 fully saturated rings. The van der Waals surface area contributed by atoms with Gasteiger partial charge in [0.05, 0.1) is 11.7 Å². The van der Waals surface area contributed by atoms with Crippen molar-refractivity contribution in [2.45, 2.75) is 32.4 Å². The number of rotatable bonds is 4. The first kappa shape index (κ1) is 16.8. The molecule has 1 N–H and O–H groups in total. The van der Waals surface area contributed by atoms with Crippen LogP contribution in [0.15, 0.2) is 65.2 Å². The molecule has 3 heterocycles. The highest BCUT2D eigenvalue weighted by molar-refractivity contribution is 7.80. The van der Waals surface area contributed by atoms with Crippen LogP contribution in [0.25, 0.3) is 0 Å². The maximum Gasteiger partial charge on any atom is 0.174 e. The number of hydrogen-bond acceptors (Lipinski definition) is 3. The highest BCUT2D eigenvalue weighted by Gasteiger charge is 2.42. The van der Waals surface area contributed by atoms with E-state index in [1.165, 1.54) is 5.56 Å². The van der Waals surface area contributed by atoms with Crippen LogP contribution in [0.3, 0.4) is 0 Å². The average molecular weight is 363 g/mol. The van der Waals surface area contributed by atoms with Gasteiger partial charge in [0.25, 0.3) is 0 Å². The lowest BCUT2D eigenvalue weighted by atomic mass is 10.0. The molecule has 5 heteroatoms. The van der Waals surface area contributed by atoms with Crippen LogP contribution in [-0.4, -0.2) is 10.1 Å². The first-order valence-corrected chi connectivity index (χ1v) is 9.24. The maximum absolute atomic E-state index is 6.00. The summed E-state index contributed by atoms with van der Waals surface area (Å²) in [4.78, 5) is 6.67. The number of furan rings is 1. The lowest BCUT2D eigenvalue weighted by Gasteiger charge is -2.26. The molecule has 2 unspecified atom stereocenters. The minimum atomic E-state index is -0.0847. The van der Waals surface area contributed by atoms with Gasteiger partial charge in [-0.25, -0.2) is 0 Å². The Kier molecular flexibility index (Phi) is 4.47. The Balaban J connectivity index is 1.79. The van der Waals surface area contributed by atoms with Crippen LogP contribution in [0, 0.1) is 6.92 Å². The molecule has 26 heavy (non-hydrogen) atoms. The Hall–Kier alpha value is -2.66. The van der Waals surface area contributed by atoms with Crippen LogP contribution in [0.2, 0.25) is 0 Å². The van der Waals surface area contributed by atoms with Crippen molar-refractivity contribution >= 4 is 23.0 Å². The summed E-state index contributed by atoms with van der Waals surface area (Å²) in [6.07, 6.45) is 2.82. The lowest BCUT2D eigenvalue weighted by Crippen LogP contribution is -2.29. The molecule has 1 saturated heterocycles. The topological polar surface area (TPSA) is 41.3 Å². The van der Waals surface area contributed by atoms with Gasteiger partial charge in [0.15, 0.2) is 5.11 Å². The minimum Gasteiger partial charge on any atom is -0.464 e. The van der Waals surface area contributed by atoms with E-state index in [9.17, 15) is 0 Å². The quantitative estimate of drug-likeness (QED) is 0.679. The van der Waals surface area contributed by atoms with Crippen molar-refractivity contribution in [3.05, 3.63) is 83.6 Å². The normalized spacial score (nSPS) is 19.6. The number of aromatic nitrogens is 1. The first-order valence-electron chi connectivity index (χ1n) is 8.83. The monoisotopic (exact) mass is 363 g/mol. The van der Waals surface area contributed by atoms with Gasteiger partial charge in [-0.3, -0.25) is 4.98 Å². The number of aryl methyl sites for hydroxylation is 2. The summed E-state index contributed by atoms with van der Waals surface area (Å²) in [5.74, 6) is 1.77. The number of anilines is 1. The molecule has 132 valence electrons. The molecule has 0 spiro atoms.